The molecule has 0 fully saturated rings. The van der Waals surface area contributed by atoms with Crippen LogP contribution in [0.25, 0.3) is 0 Å². The lowest BCUT2D eigenvalue weighted by molar-refractivity contribution is 0.0528. The van der Waals surface area contributed by atoms with Crippen LogP contribution in [0.4, 0.5) is 4.79 Å². The standard InChI is InChI=1S/C10H16IN3O2/c1-10(2,3)16-9(15)12-5-4-7-6-13-8(11)14-7/h6H,4-5H2,1-3H3,(H,12,15)(H,13,14). The Morgan fingerprint density at radius 2 is 2.31 bits per heavy atom. The van der Waals surface area contributed by atoms with Crippen molar-refractivity contribution in [3.8, 4) is 0 Å². The maximum atomic E-state index is 11.3. The first-order chi connectivity index (χ1) is 7.37. The Kier molecular flexibility index (Phi) is 4.57. The predicted molar refractivity (Wildman–Crippen MR) is 69.2 cm³/mol. The molecule has 5 nitrogen and oxygen atoms in total. The van der Waals surface area contributed by atoms with Crippen molar-refractivity contribution in [1.29, 1.82) is 0 Å². The summed E-state index contributed by atoms with van der Waals surface area (Å²) in [6, 6.07) is 0. The van der Waals surface area contributed by atoms with Gasteiger partial charge in [-0.2, -0.15) is 0 Å². The first-order valence-electron chi connectivity index (χ1n) is 5.03. The summed E-state index contributed by atoms with van der Waals surface area (Å²) >= 11 is 2.10. The third-order valence-electron chi connectivity index (χ3n) is 1.66. The fourth-order valence-electron chi connectivity index (χ4n) is 1.07. The average molecular weight is 337 g/mol. The molecule has 90 valence electrons. The third-order valence-corrected chi connectivity index (χ3v) is 2.21. The molecule has 0 aromatic carbocycles. The molecule has 1 aromatic rings. The smallest absolute Gasteiger partial charge is 0.407 e. The number of amides is 1. The van der Waals surface area contributed by atoms with Crippen LogP contribution in [0.5, 0.6) is 0 Å². The van der Waals surface area contributed by atoms with Crippen LogP contribution in [0.15, 0.2) is 6.20 Å². The monoisotopic (exact) mass is 337 g/mol. The number of ether oxygens (including phenoxy) is 1. The second kappa shape index (κ2) is 5.51. The van der Waals surface area contributed by atoms with Crippen LogP contribution < -0.4 is 5.32 Å². The van der Waals surface area contributed by atoms with Gasteiger partial charge in [0, 0.05) is 24.9 Å². The van der Waals surface area contributed by atoms with E-state index < -0.39 is 5.60 Å². The molecule has 0 aliphatic rings. The summed E-state index contributed by atoms with van der Waals surface area (Å²) in [7, 11) is 0. The van der Waals surface area contributed by atoms with Crippen LogP contribution in [0.1, 0.15) is 26.5 Å². The van der Waals surface area contributed by atoms with Crippen LogP contribution >= 0.6 is 22.6 Å². The molecule has 0 saturated carbocycles. The number of nitrogens with one attached hydrogen (secondary N) is 2. The van der Waals surface area contributed by atoms with Crippen molar-refractivity contribution >= 4 is 28.7 Å². The molecule has 0 bridgehead atoms. The van der Waals surface area contributed by atoms with Crippen molar-refractivity contribution in [1.82, 2.24) is 15.3 Å². The number of halogens is 1. The molecule has 0 radical (unpaired) electrons. The van der Waals surface area contributed by atoms with E-state index in [0.29, 0.717) is 6.54 Å². The summed E-state index contributed by atoms with van der Waals surface area (Å²) in [6.45, 7) is 6.05. The van der Waals surface area contributed by atoms with Crippen molar-refractivity contribution in [2.24, 2.45) is 0 Å². The van der Waals surface area contributed by atoms with Gasteiger partial charge in [0.1, 0.15) is 5.60 Å². The number of carbonyl (C=O) groups is 1. The number of nitrogens with zero attached hydrogens (tertiary/aromatic N) is 1. The van der Waals surface area contributed by atoms with Crippen molar-refractivity contribution < 1.29 is 9.53 Å². The van der Waals surface area contributed by atoms with Gasteiger partial charge in [-0.3, -0.25) is 0 Å². The van der Waals surface area contributed by atoms with Crippen LogP contribution in [0.3, 0.4) is 0 Å². The molecule has 0 unspecified atom stereocenters. The highest BCUT2D eigenvalue weighted by Crippen LogP contribution is 2.06. The molecule has 1 heterocycles. The predicted octanol–water partition coefficient (Wildman–Crippen LogP) is 2.08. The topological polar surface area (TPSA) is 67.0 Å². The number of H-pyrrole nitrogens is 1. The Balaban J connectivity index is 2.23. The highest BCUT2D eigenvalue weighted by Gasteiger charge is 2.15. The number of hydrogen-bond donors (Lipinski definition) is 2. The average Bonchev–Trinajstić information content (AvgIpc) is 2.48. The third kappa shape index (κ3) is 5.34. The molecule has 2 N–H and O–H groups in total. The van der Waals surface area contributed by atoms with Crippen molar-refractivity contribution in [3.05, 3.63) is 15.7 Å². The molecule has 0 aliphatic heterocycles. The van der Waals surface area contributed by atoms with Crippen LogP contribution in [-0.4, -0.2) is 28.2 Å². The van der Waals surface area contributed by atoms with E-state index in [1.165, 1.54) is 0 Å². The van der Waals surface area contributed by atoms with Crippen molar-refractivity contribution in [3.63, 3.8) is 0 Å². The van der Waals surface area contributed by atoms with E-state index >= 15 is 0 Å². The van der Waals surface area contributed by atoms with Crippen LogP contribution in [-0.2, 0) is 11.2 Å². The number of aromatic amines is 1. The summed E-state index contributed by atoms with van der Waals surface area (Å²) in [5.74, 6) is 0. The van der Waals surface area contributed by atoms with Gasteiger partial charge in [0.2, 0.25) is 0 Å². The van der Waals surface area contributed by atoms with Gasteiger partial charge in [-0.15, -0.1) is 0 Å². The summed E-state index contributed by atoms with van der Waals surface area (Å²) in [5, 5.41) is 2.69. The van der Waals surface area contributed by atoms with Gasteiger partial charge in [-0.1, -0.05) is 0 Å². The molecule has 1 rings (SSSR count). The normalized spacial score (nSPS) is 11.2. The van der Waals surface area contributed by atoms with Gasteiger partial charge in [0.05, 0.1) is 0 Å². The second-order valence-corrected chi connectivity index (χ2v) is 5.40. The van der Waals surface area contributed by atoms with Gasteiger partial charge in [-0.25, -0.2) is 9.78 Å². The van der Waals surface area contributed by atoms with E-state index in [0.717, 1.165) is 15.9 Å². The molecule has 0 aliphatic carbocycles. The van der Waals surface area contributed by atoms with Crippen molar-refractivity contribution in [2.75, 3.05) is 6.54 Å². The summed E-state index contributed by atoms with van der Waals surface area (Å²) in [4.78, 5) is 18.4. The Hall–Kier alpha value is -0.790. The molecule has 6 heteroatoms. The number of alkyl carbamates (subject to hydrolysis) is 1. The summed E-state index contributed by atoms with van der Waals surface area (Å²) in [6.07, 6.45) is 2.09. The number of rotatable bonds is 3. The van der Waals surface area contributed by atoms with Gasteiger partial charge in [0.15, 0.2) is 3.83 Å². The van der Waals surface area contributed by atoms with E-state index in [1.54, 1.807) is 6.20 Å². The Labute approximate surface area is 109 Å². The number of carbonyl (C=O) groups excluding carboxylic acids is 1. The Bertz CT molecular complexity index is 357. The van der Waals surface area contributed by atoms with Gasteiger partial charge >= 0.3 is 6.09 Å². The highest BCUT2D eigenvalue weighted by molar-refractivity contribution is 14.1. The fraction of sp³-hybridized carbons (Fsp3) is 0.600. The number of aromatic nitrogens is 2. The molecular formula is C10H16IN3O2. The largest absolute Gasteiger partial charge is 0.444 e. The maximum Gasteiger partial charge on any atom is 0.407 e. The van der Waals surface area contributed by atoms with E-state index in [2.05, 4.69) is 37.9 Å². The van der Waals surface area contributed by atoms with Gasteiger partial charge in [-0.05, 0) is 43.4 Å². The SMILES string of the molecule is CC(C)(C)OC(=O)NCCc1cnc(I)[nH]1. The molecule has 1 aromatic heterocycles. The lowest BCUT2D eigenvalue weighted by Gasteiger charge is -2.19. The van der Waals surface area contributed by atoms with Crippen molar-refractivity contribution in [2.45, 2.75) is 32.8 Å². The Morgan fingerprint density at radius 1 is 1.62 bits per heavy atom. The quantitative estimate of drug-likeness (QED) is 0.830. The maximum absolute atomic E-state index is 11.3. The number of hydrogen-bond acceptors (Lipinski definition) is 3. The zero-order chi connectivity index (χ0) is 12.2. The zero-order valence-electron chi connectivity index (χ0n) is 9.63. The molecule has 1 amide bonds. The lowest BCUT2D eigenvalue weighted by atomic mass is 10.2. The van der Waals surface area contributed by atoms with Crippen LogP contribution in [0.2, 0.25) is 0 Å². The molecule has 16 heavy (non-hydrogen) atoms. The van der Waals surface area contributed by atoms with Gasteiger partial charge < -0.3 is 15.0 Å². The molecule has 0 saturated heterocycles. The number of imidazole rings is 1. The van der Waals surface area contributed by atoms with Crippen LogP contribution in [0, 0.1) is 3.83 Å². The zero-order valence-corrected chi connectivity index (χ0v) is 11.8. The molecule has 0 atom stereocenters. The summed E-state index contributed by atoms with van der Waals surface area (Å²) in [5.41, 5.74) is 0.549. The van der Waals surface area contributed by atoms with E-state index in [4.69, 9.17) is 4.74 Å². The van der Waals surface area contributed by atoms with E-state index in [9.17, 15) is 4.79 Å². The highest BCUT2D eigenvalue weighted by atomic mass is 127. The minimum Gasteiger partial charge on any atom is -0.444 e. The second-order valence-electron chi connectivity index (χ2n) is 4.38. The molecular weight excluding hydrogens is 321 g/mol. The Morgan fingerprint density at radius 3 is 2.81 bits per heavy atom. The van der Waals surface area contributed by atoms with Gasteiger partial charge in [0.25, 0.3) is 0 Å². The fourth-order valence-corrected chi connectivity index (χ4v) is 1.56. The van der Waals surface area contributed by atoms with E-state index in [1.807, 2.05) is 20.8 Å². The summed E-state index contributed by atoms with van der Waals surface area (Å²) < 4.78 is 5.96. The molecule has 0 spiro atoms. The van der Waals surface area contributed by atoms with E-state index in [-0.39, 0.29) is 6.09 Å². The minimum absolute atomic E-state index is 0.387. The minimum atomic E-state index is -0.451. The lowest BCUT2D eigenvalue weighted by Crippen LogP contribution is -2.33. The first-order valence-corrected chi connectivity index (χ1v) is 6.11. The first kappa shape index (κ1) is 13.3.